The summed E-state index contributed by atoms with van der Waals surface area (Å²) in [7, 11) is 0. The number of nitriles is 1. The van der Waals surface area contributed by atoms with E-state index in [2.05, 4.69) is 32.9 Å². The second-order valence-electron chi connectivity index (χ2n) is 6.39. The number of fused-ring (bicyclic) bond motifs is 4. The van der Waals surface area contributed by atoms with Crippen LogP contribution in [0.1, 0.15) is 35.4 Å². The normalized spacial score (nSPS) is 24.1. The molecule has 6 nitrogen and oxygen atoms in total. The summed E-state index contributed by atoms with van der Waals surface area (Å²) in [5.74, 6) is -0.0158. The monoisotopic (exact) mass is 317 g/mol. The highest BCUT2D eigenvalue weighted by Crippen LogP contribution is 2.49. The van der Waals surface area contributed by atoms with Gasteiger partial charge in [0.1, 0.15) is 12.2 Å². The molecule has 1 aromatic carbocycles. The Hall–Kier alpha value is -2.91. The standard InChI is InChI=1S/C18H15N5O/c19-7-11-8-21-23-6-5-14(18(24)16(11)23)17-13-4-2-1-3-12(13)15-9-20-10-22(15)17/h1-4,8-10,14,17-18,24H,5-6H2/t14?,17-,18?/m1/s1. The third kappa shape index (κ3) is 1.62. The molecule has 0 saturated carbocycles. The van der Waals surface area contributed by atoms with Gasteiger partial charge in [0.15, 0.2) is 0 Å². The van der Waals surface area contributed by atoms with Crippen molar-refractivity contribution >= 4 is 0 Å². The van der Waals surface area contributed by atoms with Gasteiger partial charge in [-0.2, -0.15) is 10.4 Å². The topological polar surface area (TPSA) is 79.7 Å². The van der Waals surface area contributed by atoms with Gasteiger partial charge < -0.3 is 9.67 Å². The predicted molar refractivity (Wildman–Crippen MR) is 85.8 cm³/mol. The Balaban J connectivity index is 1.64. The smallest absolute Gasteiger partial charge is 0.103 e. The molecule has 2 aliphatic heterocycles. The number of benzene rings is 1. The third-order valence-electron chi connectivity index (χ3n) is 5.29. The highest BCUT2D eigenvalue weighted by molar-refractivity contribution is 5.69. The second kappa shape index (κ2) is 4.79. The van der Waals surface area contributed by atoms with E-state index in [0.717, 1.165) is 12.1 Å². The lowest BCUT2D eigenvalue weighted by Gasteiger charge is -2.34. The summed E-state index contributed by atoms with van der Waals surface area (Å²) in [6, 6.07) is 10.5. The van der Waals surface area contributed by atoms with Crippen LogP contribution in [0.5, 0.6) is 0 Å². The molecule has 2 aliphatic rings. The molecule has 0 amide bonds. The Kier molecular flexibility index (Phi) is 2.70. The van der Waals surface area contributed by atoms with Gasteiger partial charge in [-0.3, -0.25) is 4.68 Å². The minimum atomic E-state index is -0.720. The molecule has 0 bridgehead atoms. The minimum Gasteiger partial charge on any atom is -0.386 e. The Labute approximate surface area is 138 Å². The molecule has 3 aromatic rings. The Morgan fingerprint density at radius 3 is 3.00 bits per heavy atom. The maximum absolute atomic E-state index is 11.0. The lowest BCUT2D eigenvalue weighted by atomic mass is 9.82. The first-order chi connectivity index (χ1) is 11.8. The van der Waals surface area contributed by atoms with Crippen molar-refractivity contribution in [3.8, 4) is 17.3 Å². The van der Waals surface area contributed by atoms with E-state index >= 15 is 0 Å². The van der Waals surface area contributed by atoms with Crippen molar-refractivity contribution in [3.05, 3.63) is 59.8 Å². The molecule has 0 fully saturated rings. The second-order valence-corrected chi connectivity index (χ2v) is 6.39. The van der Waals surface area contributed by atoms with E-state index in [-0.39, 0.29) is 12.0 Å². The first-order valence-corrected chi connectivity index (χ1v) is 8.04. The fraction of sp³-hybridized carbons (Fsp3) is 0.278. The van der Waals surface area contributed by atoms with Gasteiger partial charge in [-0.25, -0.2) is 4.98 Å². The van der Waals surface area contributed by atoms with Gasteiger partial charge >= 0.3 is 0 Å². The van der Waals surface area contributed by atoms with Crippen molar-refractivity contribution in [2.75, 3.05) is 0 Å². The van der Waals surface area contributed by atoms with Gasteiger partial charge in [0.25, 0.3) is 0 Å². The molecule has 118 valence electrons. The summed E-state index contributed by atoms with van der Waals surface area (Å²) in [6.45, 7) is 0.710. The molecule has 24 heavy (non-hydrogen) atoms. The predicted octanol–water partition coefficient (Wildman–Crippen LogP) is 2.27. The maximum atomic E-state index is 11.0. The van der Waals surface area contributed by atoms with Crippen molar-refractivity contribution < 1.29 is 5.11 Å². The highest BCUT2D eigenvalue weighted by atomic mass is 16.3. The number of nitrogens with zero attached hydrogens (tertiary/aromatic N) is 5. The molecule has 6 heteroatoms. The molecule has 1 N–H and O–H groups in total. The molecule has 0 saturated heterocycles. The SMILES string of the molecule is N#Cc1cnn2c1C(O)C([C@H]1c3ccccc3-c3cncn31)CC2. The van der Waals surface area contributed by atoms with Crippen LogP contribution in [-0.2, 0) is 6.54 Å². The molecule has 0 radical (unpaired) electrons. The van der Waals surface area contributed by atoms with Crippen LogP contribution < -0.4 is 0 Å². The number of rotatable bonds is 1. The number of hydrogen-bond donors (Lipinski definition) is 1. The van der Waals surface area contributed by atoms with Gasteiger partial charge in [-0.15, -0.1) is 0 Å². The summed E-state index contributed by atoms with van der Waals surface area (Å²) in [4.78, 5) is 4.29. The molecule has 2 unspecified atom stereocenters. The van der Waals surface area contributed by atoms with Gasteiger partial charge in [-0.05, 0) is 12.0 Å². The van der Waals surface area contributed by atoms with Gasteiger partial charge in [0.05, 0.1) is 41.7 Å². The van der Waals surface area contributed by atoms with Crippen molar-refractivity contribution in [1.29, 1.82) is 5.26 Å². The van der Waals surface area contributed by atoms with Crippen LogP contribution in [0.15, 0.2) is 43.0 Å². The van der Waals surface area contributed by atoms with Crippen LogP contribution >= 0.6 is 0 Å². The van der Waals surface area contributed by atoms with E-state index in [4.69, 9.17) is 0 Å². The van der Waals surface area contributed by atoms with Crippen molar-refractivity contribution in [2.45, 2.75) is 25.1 Å². The zero-order chi connectivity index (χ0) is 16.3. The van der Waals surface area contributed by atoms with E-state index in [1.54, 1.807) is 10.9 Å². The molecule has 2 aromatic heterocycles. The number of aromatic nitrogens is 4. The van der Waals surface area contributed by atoms with Crippen LogP contribution in [0.2, 0.25) is 0 Å². The van der Waals surface area contributed by atoms with E-state index in [0.29, 0.717) is 17.8 Å². The molecule has 0 spiro atoms. The van der Waals surface area contributed by atoms with Crippen LogP contribution in [-0.4, -0.2) is 24.4 Å². The quantitative estimate of drug-likeness (QED) is 0.746. The van der Waals surface area contributed by atoms with Crippen LogP contribution in [0.25, 0.3) is 11.3 Å². The van der Waals surface area contributed by atoms with E-state index < -0.39 is 6.10 Å². The minimum absolute atomic E-state index is 0.0158. The molecule has 3 atom stereocenters. The van der Waals surface area contributed by atoms with Crippen molar-refractivity contribution in [1.82, 2.24) is 19.3 Å². The van der Waals surface area contributed by atoms with Crippen molar-refractivity contribution in [2.24, 2.45) is 5.92 Å². The zero-order valence-electron chi connectivity index (χ0n) is 12.9. The number of imidazole rings is 1. The van der Waals surface area contributed by atoms with Crippen LogP contribution in [0, 0.1) is 17.2 Å². The summed E-state index contributed by atoms with van der Waals surface area (Å²) >= 11 is 0. The molecular formula is C18H15N5O. The van der Waals surface area contributed by atoms with Gasteiger partial charge in [0, 0.05) is 18.0 Å². The summed E-state index contributed by atoms with van der Waals surface area (Å²) < 4.78 is 3.91. The zero-order valence-corrected chi connectivity index (χ0v) is 12.9. The summed E-state index contributed by atoms with van der Waals surface area (Å²) in [5, 5.41) is 24.6. The Morgan fingerprint density at radius 1 is 1.25 bits per heavy atom. The fourth-order valence-corrected chi connectivity index (χ4v) is 4.24. The number of aryl methyl sites for hydroxylation is 1. The van der Waals surface area contributed by atoms with Crippen LogP contribution in [0.4, 0.5) is 0 Å². The number of hydrogen-bond acceptors (Lipinski definition) is 4. The molecule has 4 heterocycles. The lowest BCUT2D eigenvalue weighted by Crippen LogP contribution is -2.31. The van der Waals surface area contributed by atoms with Crippen molar-refractivity contribution in [3.63, 3.8) is 0 Å². The average molecular weight is 317 g/mol. The summed E-state index contributed by atoms with van der Waals surface area (Å²) in [6.07, 6.45) is 5.34. The number of aliphatic hydroxyl groups is 1. The third-order valence-corrected chi connectivity index (χ3v) is 5.29. The van der Waals surface area contributed by atoms with E-state index in [1.807, 2.05) is 24.7 Å². The first-order valence-electron chi connectivity index (χ1n) is 8.04. The maximum Gasteiger partial charge on any atom is 0.103 e. The van der Waals surface area contributed by atoms with E-state index in [9.17, 15) is 10.4 Å². The average Bonchev–Trinajstić information content (AvgIpc) is 3.29. The molecule has 5 rings (SSSR count). The summed E-state index contributed by atoms with van der Waals surface area (Å²) in [5.41, 5.74) is 4.57. The number of aliphatic hydroxyl groups excluding tert-OH is 1. The fourth-order valence-electron chi connectivity index (χ4n) is 4.24. The largest absolute Gasteiger partial charge is 0.386 e. The Morgan fingerprint density at radius 2 is 2.12 bits per heavy atom. The molecule has 0 aliphatic carbocycles. The Bertz CT molecular complexity index is 979. The van der Waals surface area contributed by atoms with Gasteiger partial charge in [0.2, 0.25) is 0 Å². The van der Waals surface area contributed by atoms with E-state index in [1.165, 1.54) is 11.1 Å². The van der Waals surface area contributed by atoms with Crippen LogP contribution in [0.3, 0.4) is 0 Å². The lowest BCUT2D eigenvalue weighted by molar-refractivity contribution is 0.0523. The highest BCUT2D eigenvalue weighted by Gasteiger charge is 2.41. The van der Waals surface area contributed by atoms with Gasteiger partial charge in [-0.1, -0.05) is 24.3 Å². The first kappa shape index (κ1) is 13.5. The molecular weight excluding hydrogens is 302 g/mol.